The summed E-state index contributed by atoms with van der Waals surface area (Å²) >= 11 is 0. The summed E-state index contributed by atoms with van der Waals surface area (Å²) < 4.78 is 138. The lowest BCUT2D eigenvalue weighted by Crippen LogP contribution is -2.24. The van der Waals surface area contributed by atoms with Gasteiger partial charge in [0.25, 0.3) is 0 Å². The molecule has 0 atom stereocenters. The molecule has 10 nitrogen and oxygen atoms in total. The van der Waals surface area contributed by atoms with Gasteiger partial charge in [-0.2, -0.15) is 16.8 Å². The number of halogens is 6. The first kappa shape index (κ1) is 21.5. The molecule has 0 spiro atoms. The van der Waals surface area contributed by atoms with E-state index in [0.717, 1.165) is 0 Å². The van der Waals surface area contributed by atoms with Crippen LogP contribution in [-0.4, -0.2) is 36.7 Å². The van der Waals surface area contributed by atoms with Crippen molar-refractivity contribution in [2.75, 3.05) is 7.11 Å². The van der Waals surface area contributed by atoms with Crippen molar-refractivity contribution in [3.8, 4) is 0 Å². The van der Waals surface area contributed by atoms with Gasteiger partial charge in [0.15, 0.2) is 0 Å². The fourth-order valence-corrected chi connectivity index (χ4v) is 3.86. The zero-order chi connectivity index (χ0) is 18.0. The first-order chi connectivity index (χ1) is 9.39. The molecule has 0 aliphatic carbocycles. The maximum atomic E-state index is 11.6. The Balaban J connectivity index is 5.28. The van der Waals surface area contributed by atoms with E-state index in [-0.39, 0.29) is 7.11 Å². The average molecular weight is 408 g/mol. The second-order valence-electron chi connectivity index (χ2n) is 2.65. The summed E-state index contributed by atoms with van der Waals surface area (Å²) in [5.41, 5.74) is 0. The lowest BCUT2D eigenvalue weighted by molar-refractivity contribution is -0.275. The molecule has 0 heterocycles. The average Bonchev–Trinajstić information content (AvgIpc) is 2.05. The summed E-state index contributed by atoms with van der Waals surface area (Å²) in [6.45, 7) is 0. The maximum absolute atomic E-state index is 11.6. The lowest BCUT2D eigenvalue weighted by Gasteiger charge is -2.15. The Bertz CT molecular complexity index is 579. The number of hydrogen-bond acceptors (Lipinski definition) is 10. The smallest absolute Gasteiger partial charge is 0.289 e. The molecular weight excluding hydrogens is 405 g/mol. The predicted octanol–water partition coefficient (Wildman–Crippen LogP) is 1.34. The summed E-state index contributed by atoms with van der Waals surface area (Å²) in [4.78, 5) is 0. The van der Waals surface area contributed by atoms with Crippen molar-refractivity contribution in [1.82, 2.24) is 0 Å². The first-order valence-corrected chi connectivity index (χ1v) is 8.14. The van der Waals surface area contributed by atoms with Crippen molar-refractivity contribution in [2.45, 2.75) is 12.7 Å². The van der Waals surface area contributed by atoms with Crippen LogP contribution in [0.25, 0.3) is 0 Å². The Morgan fingerprint density at radius 2 is 1.05 bits per heavy atom. The fourth-order valence-electron chi connectivity index (χ4n) is 0.559. The van der Waals surface area contributed by atoms with Crippen LogP contribution in [0.3, 0.4) is 0 Å². The molecule has 0 bridgehead atoms. The molecule has 0 amide bonds. The van der Waals surface area contributed by atoms with Gasteiger partial charge in [-0.3, -0.25) is 4.52 Å². The molecule has 0 aromatic heterocycles. The Labute approximate surface area is 118 Å². The molecule has 0 N–H and O–H groups in total. The third kappa shape index (κ3) is 9.51. The quantitative estimate of drug-likeness (QED) is 0.449. The molecule has 0 rings (SSSR count). The zero-order valence-corrected chi connectivity index (χ0v) is 12.1. The minimum Gasteiger partial charge on any atom is -0.289 e. The van der Waals surface area contributed by atoms with Crippen LogP contribution in [0.2, 0.25) is 0 Å². The minimum atomic E-state index is -6.26. The van der Waals surface area contributed by atoms with Crippen molar-refractivity contribution in [3.63, 3.8) is 0 Å². The number of rotatable bonds is 7. The molecule has 0 saturated carbocycles. The standard InChI is InChI=1S/C3H3F6O10PS2/c1-15-20(10,18-21(11,12)16-2(4,5)6)19-22(13,14)17-3(7,8)9/h1H3. The van der Waals surface area contributed by atoms with Crippen LogP contribution in [0.5, 0.6) is 0 Å². The van der Waals surface area contributed by atoms with Gasteiger partial charge in [-0.05, 0) is 0 Å². The molecule has 0 unspecified atom stereocenters. The van der Waals surface area contributed by atoms with Crippen LogP contribution in [0, 0.1) is 0 Å². The van der Waals surface area contributed by atoms with Crippen LogP contribution in [0.1, 0.15) is 0 Å². The predicted molar refractivity (Wildman–Crippen MR) is 48.9 cm³/mol. The van der Waals surface area contributed by atoms with Gasteiger partial charge in [0.05, 0.1) is 0 Å². The highest BCUT2D eigenvalue weighted by Gasteiger charge is 2.47. The van der Waals surface area contributed by atoms with E-state index in [0.29, 0.717) is 0 Å². The van der Waals surface area contributed by atoms with Gasteiger partial charge in [0, 0.05) is 7.11 Å². The van der Waals surface area contributed by atoms with Crippen molar-refractivity contribution in [1.29, 1.82) is 0 Å². The molecule has 134 valence electrons. The summed E-state index contributed by atoms with van der Waals surface area (Å²) in [6, 6.07) is 0. The third-order valence-electron chi connectivity index (χ3n) is 0.982. The Hall–Kier alpha value is -0.490. The second kappa shape index (κ2) is 6.56. The van der Waals surface area contributed by atoms with Crippen molar-refractivity contribution in [2.24, 2.45) is 0 Å². The Morgan fingerprint density at radius 3 is 1.23 bits per heavy atom. The normalized spacial score (nSPS) is 15.0. The third-order valence-corrected chi connectivity index (χ3v) is 5.14. The molecule has 0 saturated heterocycles. The number of phosphoric acid groups is 1. The van der Waals surface area contributed by atoms with E-state index in [9.17, 15) is 47.7 Å². The van der Waals surface area contributed by atoms with Gasteiger partial charge >= 0.3 is 41.3 Å². The molecule has 0 fully saturated rings. The SMILES string of the molecule is COP(=O)(OS(=O)(=O)OC(F)(F)F)OS(=O)(=O)OC(F)(F)F. The molecule has 0 radical (unpaired) electrons. The zero-order valence-electron chi connectivity index (χ0n) is 9.61. The van der Waals surface area contributed by atoms with Gasteiger partial charge in [-0.25, -0.2) is 4.57 Å². The van der Waals surface area contributed by atoms with Crippen molar-refractivity contribution in [3.05, 3.63) is 0 Å². The fraction of sp³-hybridized carbons (Fsp3) is 1.00. The molecule has 0 aliphatic heterocycles. The summed E-state index contributed by atoms with van der Waals surface area (Å²) in [5.74, 6) is 0. The maximum Gasteiger partial charge on any atom is 0.538 e. The van der Waals surface area contributed by atoms with Crippen LogP contribution < -0.4 is 0 Å². The highest BCUT2D eigenvalue weighted by molar-refractivity contribution is 7.90. The van der Waals surface area contributed by atoms with E-state index in [1.165, 1.54) is 0 Å². The summed E-state index contributed by atoms with van der Waals surface area (Å²) in [6.07, 6.45) is -11.8. The van der Waals surface area contributed by atoms with E-state index in [1.807, 2.05) is 0 Å². The van der Waals surface area contributed by atoms with Crippen LogP contribution >= 0.6 is 7.82 Å². The topological polar surface area (TPSA) is 132 Å². The molecule has 0 aromatic carbocycles. The van der Waals surface area contributed by atoms with Gasteiger partial charge < -0.3 is 0 Å². The van der Waals surface area contributed by atoms with E-state index in [1.54, 1.807) is 0 Å². The summed E-state index contributed by atoms with van der Waals surface area (Å²) in [7, 11) is -18.4. The second-order valence-corrected chi connectivity index (χ2v) is 7.07. The van der Waals surface area contributed by atoms with Crippen LogP contribution in [0.15, 0.2) is 0 Å². The number of alkyl halides is 6. The summed E-state index contributed by atoms with van der Waals surface area (Å²) in [5, 5.41) is 0. The molecule has 22 heavy (non-hydrogen) atoms. The Kier molecular flexibility index (Phi) is 6.41. The van der Waals surface area contributed by atoms with E-state index in [2.05, 4.69) is 20.8 Å². The minimum absolute atomic E-state index is 0.174. The lowest BCUT2D eigenvalue weighted by atomic mass is 11.4. The highest BCUT2D eigenvalue weighted by atomic mass is 32.3. The first-order valence-electron chi connectivity index (χ1n) is 4.01. The van der Waals surface area contributed by atoms with E-state index < -0.39 is 41.3 Å². The van der Waals surface area contributed by atoms with Crippen molar-refractivity contribution >= 4 is 28.6 Å². The molecular formula is C3H3F6O10PS2. The van der Waals surface area contributed by atoms with Gasteiger partial charge in [0.2, 0.25) is 0 Å². The van der Waals surface area contributed by atoms with E-state index in [4.69, 9.17) is 0 Å². The van der Waals surface area contributed by atoms with Gasteiger partial charge in [0.1, 0.15) is 0 Å². The van der Waals surface area contributed by atoms with Crippen LogP contribution in [0.4, 0.5) is 26.3 Å². The van der Waals surface area contributed by atoms with E-state index >= 15 is 0 Å². The van der Waals surface area contributed by atoms with Crippen LogP contribution in [-0.2, 0) is 46.2 Å². The highest BCUT2D eigenvalue weighted by Crippen LogP contribution is 2.53. The monoisotopic (exact) mass is 408 g/mol. The van der Waals surface area contributed by atoms with Gasteiger partial charge in [-0.15, -0.1) is 42.6 Å². The number of hydrogen-bond donors (Lipinski definition) is 0. The molecule has 0 aliphatic rings. The largest absolute Gasteiger partial charge is 0.538 e. The van der Waals surface area contributed by atoms with Gasteiger partial charge in [-0.1, -0.05) is 0 Å². The molecule has 19 heteroatoms. The Morgan fingerprint density at radius 1 is 0.773 bits per heavy atom. The van der Waals surface area contributed by atoms with Crippen molar-refractivity contribution < 1.29 is 68.6 Å². The molecule has 0 aromatic rings.